The molecule has 0 saturated heterocycles. The van der Waals surface area contributed by atoms with Gasteiger partial charge in [-0.05, 0) is 12.1 Å². The summed E-state index contributed by atoms with van der Waals surface area (Å²) < 4.78 is 26.2. The summed E-state index contributed by atoms with van der Waals surface area (Å²) in [4.78, 5) is 5.02. The van der Waals surface area contributed by atoms with Gasteiger partial charge in [0, 0.05) is 24.5 Å². The summed E-state index contributed by atoms with van der Waals surface area (Å²) in [7, 11) is 0. The van der Waals surface area contributed by atoms with E-state index in [0.717, 1.165) is 6.07 Å². The quantitative estimate of drug-likeness (QED) is 0.824. The molecule has 0 amide bonds. The Hall–Kier alpha value is -1.91. The molecule has 0 fully saturated rings. The van der Waals surface area contributed by atoms with Gasteiger partial charge in [0.1, 0.15) is 17.7 Å². The summed E-state index contributed by atoms with van der Waals surface area (Å²) >= 11 is 0. The number of nitrogens with zero attached hydrogens (tertiary/aromatic N) is 1. The number of rotatable bonds is 3. The van der Waals surface area contributed by atoms with Crippen LogP contribution in [0.1, 0.15) is 18.4 Å². The Morgan fingerprint density at radius 2 is 2.29 bits per heavy atom. The van der Waals surface area contributed by atoms with Crippen LogP contribution < -0.4 is 0 Å². The summed E-state index contributed by atoms with van der Waals surface area (Å²) in [6.07, 6.45) is 0.268. The fourth-order valence-corrected chi connectivity index (χ4v) is 1.68. The molecule has 1 aliphatic rings. The van der Waals surface area contributed by atoms with Gasteiger partial charge in [0.05, 0.1) is 11.5 Å². The summed E-state index contributed by atoms with van der Waals surface area (Å²) in [6, 6.07) is 3.29. The smallest absolute Gasteiger partial charge is 0.140 e. The van der Waals surface area contributed by atoms with Crippen LogP contribution in [0.5, 0.6) is 0 Å². The molecule has 5 heteroatoms. The number of oxime groups is 1. The first-order valence-corrected chi connectivity index (χ1v) is 5.11. The average Bonchev–Trinajstić information content (AvgIpc) is 2.65. The van der Waals surface area contributed by atoms with E-state index in [2.05, 4.69) is 11.7 Å². The summed E-state index contributed by atoms with van der Waals surface area (Å²) in [5.74, 6) is -1.31. The third-order valence-corrected chi connectivity index (χ3v) is 2.44. The standard InChI is InChI=1S/C12H11F2NO2/c1-7(16)4-9-6-12(15-17-9)10-3-2-8(13)5-11(10)14/h2-3,5,9,16H,1,4,6H2/t9-/m0/s1. The maximum absolute atomic E-state index is 13.4. The summed E-state index contributed by atoms with van der Waals surface area (Å²) in [5.41, 5.74) is 0.631. The molecule has 1 aromatic carbocycles. The van der Waals surface area contributed by atoms with Crippen molar-refractivity contribution in [2.24, 2.45) is 5.16 Å². The first kappa shape index (κ1) is 11.6. The third kappa shape index (κ3) is 2.61. The average molecular weight is 239 g/mol. The van der Waals surface area contributed by atoms with Crippen molar-refractivity contribution in [1.82, 2.24) is 0 Å². The first-order valence-electron chi connectivity index (χ1n) is 5.11. The van der Waals surface area contributed by atoms with Crippen LogP contribution in [0.4, 0.5) is 8.78 Å². The molecule has 1 aromatic rings. The number of hydrogen-bond acceptors (Lipinski definition) is 3. The Morgan fingerprint density at radius 3 is 2.94 bits per heavy atom. The SMILES string of the molecule is C=C(O)C[C@H]1CC(c2ccc(F)cc2F)=NO1. The van der Waals surface area contributed by atoms with E-state index in [1.807, 2.05) is 0 Å². The van der Waals surface area contributed by atoms with E-state index in [1.165, 1.54) is 12.1 Å². The molecule has 0 bridgehead atoms. The van der Waals surface area contributed by atoms with Gasteiger partial charge in [0.25, 0.3) is 0 Å². The van der Waals surface area contributed by atoms with Gasteiger partial charge < -0.3 is 9.94 Å². The van der Waals surface area contributed by atoms with Crippen LogP contribution in [0.3, 0.4) is 0 Å². The molecule has 0 aromatic heterocycles. The van der Waals surface area contributed by atoms with Gasteiger partial charge in [-0.2, -0.15) is 0 Å². The second-order valence-corrected chi connectivity index (χ2v) is 3.86. The maximum Gasteiger partial charge on any atom is 0.140 e. The first-order chi connectivity index (χ1) is 8.06. The van der Waals surface area contributed by atoms with Crippen molar-refractivity contribution in [3.63, 3.8) is 0 Å². The number of hydrogen-bond donors (Lipinski definition) is 1. The van der Waals surface area contributed by atoms with E-state index in [0.29, 0.717) is 12.1 Å². The molecule has 0 aliphatic carbocycles. The van der Waals surface area contributed by atoms with Crippen molar-refractivity contribution < 1.29 is 18.7 Å². The molecule has 3 nitrogen and oxygen atoms in total. The fourth-order valence-electron chi connectivity index (χ4n) is 1.68. The molecule has 0 saturated carbocycles. The van der Waals surface area contributed by atoms with Crippen LogP contribution in [0.25, 0.3) is 0 Å². The van der Waals surface area contributed by atoms with Crippen molar-refractivity contribution in [3.8, 4) is 0 Å². The topological polar surface area (TPSA) is 41.8 Å². The largest absolute Gasteiger partial charge is 0.513 e. The van der Waals surface area contributed by atoms with Crippen molar-refractivity contribution in [3.05, 3.63) is 47.7 Å². The molecule has 17 heavy (non-hydrogen) atoms. The molecule has 90 valence electrons. The Bertz CT molecular complexity index is 485. The van der Waals surface area contributed by atoms with Crippen molar-refractivity contribution in [2.45, 2.75) is 18.9 Å². The van der Waals surface area contributed by atoms with Crippen molar-refractivity contribution >= 4 is 5.71 Å². The van der Waals surface area contributed by atoms with Gasteiger partial charge in [0.2, 0.25) is 0 Å². The van der Waals surface area contributed by atoms with Gasteiger partial charge in [-0.1, -0.05) is 11.7 Å². The zero-order valence-electron chi connectivity index (χ0n) is 8.99. The lowest BCUT2D eigenvalue weighted by atomic mass is 10.0. The van der Waals surface area contributed by atoms with Gasteiger partial charge in [-0.15, -0.1) is 0 Å². The van der Waals surface area contributed by atoms with Gasteiger partial charge in [0.15, 0.2) is 0 Å². The lowest BCUT2D eigenvalue weighted by molar-refractivity contribution is 0.0779. The molecule has 1 atom stereocenters. The van der Waals surface area contributed by atoms with Crippen molar-refractivity contribution in [1.29, 1.82) is 0 Å². The molecule has 1 N–H and O–H groups in total. The summed E-state index contributed by atoms with van der Waals surface area (Å²) in [5, 5.41) is 12.7. The van der Waals surface area contributed by atoms with Crippen molar-refractivity contribution in [2.75, 3.05) is 0 Å². The highest BCUT2D eigenvalue weighted by molar-refractivity contribution is 6.01. The van der Waals surface area contributed by atoms with Crippen LogP contribution >= 0.6 is 0 Å². The van der Waals surface area contributed by atoms with Crippen LogP contribution in [0, 0.1) is 11.6 Å². The lowest BCUT2D eigenvalue weighted by Gasteiger charge is -2.05. The lowest BCUT2D eigenvalue weighted by Crippen LogP contribution is -2.10. The Labute approximate surface area is 97.0 Å². The highest BCUT2D eigenvalue weighted by atomic mass is 19.1. The molecular weight excluding hydrogens is 228 g/mol. The van der Waals surface area contributed by atoms with Crippen LogP contribution in [-0.2, 0) is 4.84 Å². The zero-order chi connectivity index (χ0) is 12.4. The van der Waals surface area contributed by atoms with Gasteiger partial charge >= 0.3 is 0 Å². The minimum absolute atomic E-state index is 0.00831. The highest BCUT2D eigenvalue weighted by Gasteiger charge is 2.24. The number of aliphatic hydroxyl groups excluding tert-OH is 1. The predicted molar refractivity (Wildman–Crippen MR) is 58.8 cm³/mol. The number of halogens is 2. The normalized spacial score (nSPS) is 18.7. The third-order valence-electron chi connectivity index (χ3n) is 2.44. The summed E-state index contributed by atoms with van der Waals surface area (Å²) in [6.45, 7) is 3.35. The molecular formula is C12H11F2NO2. The van der Waals surface area contributed by atoms with Crippen LogP contribution in [0.15, 0.2) is 35.7 Å². The Balaban J connectivity index is 2.12. The monoisotopic (exact) mass is 239 g/mol. The number of aliphatic hydroxyl groups is 1. The van der Waals surface area contributed by atoms with Crippen LogP contribution in [-0.4, -0.2) is 16.9 Å². The minimum atomic E-state index is -0.671. The molecule has 0 unspecified atom stereocenters. The van der Waals surface area contributed by atoms with Gasteiger partial charge in [-0.3, -0.25) is 0 Å². The minimum Gasteiger partial charge on any atom is -0.513 e. The second kappa shape index (κ2) is 4.53. The van der Waals surface area contributed by atoms with E-state index >= 15 is 0 Å². The molecule has 0 radical (unpaired) electrons. The van der Waals surface area contributed by atoms with E-state index in [-0.39, 0.29) is 23.8 Å². The fraction of sp³-hybridized carbons (Fsp3) is 0.250. The maximum atomic E-state index is 13.4. The van der Waals surface area contributed by atoms with Gasteiger partial charge in [-0.25, -0.2) is 8.78 Å². The van der Waals surface area contributed by atoms with E-state index in [4.69, 9.17) is 9.94 Å². The second-order valence-electron chi connectivity index (χ2n) is 3.86. The number of benzene rings is 1. The molecule has 1 aliphatic heterocycles. The van der Waals surface area contributed by atoms with E-state index < -0.39 is 11.6 Å². The van der Waals surface area contributed by atoms with E-state index in [9.17, 15) is 8.78 Å². The Morgan fingerprint density at radius 1 is 1.53 bits per heavy atom. The highest BCUT2D eigenvalue weighted by Crippen LogP contribution is 2.22. The Kier molecular flexibility index (Phi) is 3.08. The zero-order valence-corrected chi connectivity index (χ0v) is 8.99. The predicted octanol–water partition coefficient (Wildman–Crippen LogP) is 2.92. The molecule has 2 rings (SSSR count). The van der Waals surface area contributed by atoms with E-state index in [1.54, 1.807) is 0 Å². The molecule has 0 spiro atoms. The van der Waals surface area contributed by atoms with Crippen LogP contribution in [0.2, 0.25) is 0 Å². The molecule has 1 heterocycles.